The molecule has 156 valence electrons. The van der Waals surface area contributed by atoms with E-state index in [0.29, 0.717) is 16.0 Å². The molecule has 0 aliphatic carbocycles. The fourth-order valence-corrected chi connectivity index (χ4v) is 4.64. The van der Waals surface area contributed by atoms with Crippen molar-refractivity contribution >= 4 is 49.0 Å². The Morgan fingerprint density at radius 2 is 2.13 bits per heavy atom. The molecule has 1 aromatic carbocycles. The number of aromatic nitrogens is 2. The number of terminal acetylenes is 1. The lowest BCUT2D eigenvalue weighted by atomic mass is 10.3. The third kappa shape index (κ3) is 5.19. The number of rotatable bonds is 6. The van der Waals surface area contributed by atoms with Crippen LogP contribution in [-0.4, -0.2) is 41.5 Å². The Bertz CT molecular complexity index is 1340. The quantitative estimate of drug-likeness (QED) is 0.564. The van der Waals surface area contributed by atoms with Crippen LogP contribution in [0.5, 0.6) is 0 Å². The standard InChI is InChI=1S/C18H15FN4O5S2/c1-3-6-23-13-5-4-12(19)8-14(13)29-18(23)21-17(25)10-30(26,27)9-16(24)20-15-7-11(2)28-22-15/h1,4-5,7-8H,6,9-10H2,2H3,(H,20,22,24). The molecule has 30 heavy (non-hydrogen) atoms. The van der Waals surface area contributed by atoms with Crippen LogP contribution in [0.3, 0.4) is 0 Å². The summed E-state index contributed by atoms with van der Waals surface area (Å²) in [5.41, 5.74) is 0.566. The zero-order valence-corrected chi connectivity index (χ0v) is 17.2. The Hall–Kier alpha value is -3.30. The number of nitrogens with zero attached hydrogens (tertiary/aromatic N) is 3. The molecule has 0 aliphatic rings. The Labute approximate surface area is 174 Å². The van der Waals surface area contributed by atoms with Gasteiger partial charge in [0.1, 0.15) is 23.1 Å². The van der Waals surface area contributed by atoms with Gasteiger partial charge < -0.3 is 14.4 Å². The molecule has 2 heterocycles. The van der Waals surface area contributed by atoms with Crippen molar-refractivity contribution in [3.05, 3.63) is 40.6 Å². The third-order valence-corrected chi connectivity index (χ3v) is 6.13. The lowest BCUT2D eigenvalue weighted by molar-refractivity contribution is -0.115. The second kappa shape index (κ2) is 8.60. The number of hydrogen-bond donors (Lipinski definition) is 1. The van der Waals surface area contributed by atoms with Gasteiger partial charge in [0.15, 0.2) is 20.5 Å². The predicted octanol–water partition coefficient (Wildman–Crippen LogP) is 1.25. The number of aryl methyl sites for hydroxylation is 1. The highest BCUT2D eigenvalue weighted by molar-refractivity contribution is 7.92. The summed E-state index contributed by atoms with van der Waals surface area (Å²) in [5.74, 6) is -1.30. The molecule has 12 heteroatoms. The zero-order valence-electron chi connectivity index (χ0n) is 15.6. The minimum Gasteiger partial charge on any atom is -0.360 e. The van der Waals surface area contributed by atoms with Crippen LogP contribution in [0.2, 0.25) is 0 Å². The fraction of sp³-hybridized carbons (Fsp3) is 0.222. The second-order valence-corrected chi connectivity index (χ2v) is 9.27. The third-order valence-electron chi connectivity index (χ3n) is 3.70. The van der Waals surface area contributed by atoms with E-state index < -0.39 is 39.0 Å². The zero-order chi connectivity index (χ0) is 21.9. The molecule has 1 N–H and O–H groups in total. The summed E-state index contributed by atoms with van der Waals surface area (Å²) in [5, 5.41) is 5.79. The molecule has 0 aliphatic heterocycles. The Balaban J connectivity index is 1.78. The normalized spacial score (nSPS) is 12.1. The summed E-state index contributed by atoms with van der Waals surface area (Å²) in [4.78, 5) is 28.1. The number of fused-ring (bicyclic) bond motifs is 1. The molecule has 2 amide bonds. The molecule has 0 saturated carbocycles. The average Bonchev–Trinajstić information content (AvgIpc) is 3.17. The molecule has 0 spiro atoms. The van der Waals surface area contributed by atoms with Gasteiger partial charge >= 0.3 is 0 Å². The number of amides is 2. The van der Waals surface area contributed by atoms with Gasteiger partial charge in [-0.3, -0.25) is 9.59 Å². The van der Waals surface area contributed by atoms with Gasteiger partial charge in [0, 0.05) is 6.07 Å². The number of thiazole rings is 1. The molecule has 3 aromatic rings. The second-order valence-electron chi connectivity index (χ2n) is 6.20. The molecule has 2 aromatic heterocycles. The number of carbonyl (C=O) groups is 2. The summed E-state index contributed by atoms with van der Waals surface area (Å²) in [7, 11) is -4.09. The smallest absolute Gasteiger partial charge is 0.263 e. The summed E-state index contributed by atoms with van der Waals surface area (Å²) in [6.07, 6.45) is 5.34. The SMILES string of the molecule is C#CCn1c(=NC(=O)CS(=O)(=O)CC(=O)Nc2cc(C)on2)sc2cc(F)ccc21. The predicted molar refractivity (Wildman–Crippen MR) is 108 cm³/mol. The summed E-state index contributed by atoms with van der Waals surface area (Å²) in [6, 6.07) is 5.42. The minimum atomic E-state index is -4.09. The van der Waals surface area contributed by atoms with E-state index in [0.717, 1.165) is 11.3 Å². The van der Waals surface area contributed by atoms with Crippen LogP contribution < -0.4 is 10.1 Å². The van der Waals surface area contributed by atoms with Crippen LogP contribution in [0.15, 0.2) is 33.8 Å². The van der Waals surface area contributed by atoms with Crippen LogP contribution in [0.25, 0.3) is 10.2 Å². The number of hydrogen-bond acceptors (Lipinski definition) is 7. The number of anilines is 1. The van der Waals surface area contributed by atoms with E-state index in [1.165, 1.54) is 28.8 Å². The van der Waals surface area contributed by atoms with Gasteiger partial charge in [0.25, 0.3) is 5.91 Å². The van der Waals surface area contributed by atoms with Crippen molar-refractivity contribution < 1.29 is 26.9 Å². The van der Waals surface area contributed by atoms with Gasteiger partial charge in [-0.25, -0.2) is 12.8 Å². The maximum atomic E-state index is 13.5. The van der Waals surface area contributed by atoms with Gasteiger partial charge in [0.05, 0.1) is 16.8 Å². The van der Waals surface area contributed by atoms with E-state index in [4.69, 9.17) is 10.9 Å². The molecular formula is C18H15FN4O5S2. The van der Waals surface area contributed by atoms with Gasteiger partial charge in [0.2, 0.25) is 5.91 Å². The highest BCUT2D eigenvalue weighted by Gasteiger charge is 2.22. The van der Waals surface area contributed by atoms with E-state index in [2.05, 4.69) is 21.4 Å². The van der Waals surface area contributed by atoms with Crippen LogP contribution >= 0.6 is 11.3 Å². The topological polar surface area (TPSA) is 124 Å². The van der Waals surface area contributed by atoms with Crippen molar-refractivity contribution in [2.75, 3.05) is 16.8 Å². The largest absolute Gasteiger partial charge is 0.360 e. The highest BCUT2D eigenvalue weighted by atomic mass is 32.2. The average molecular weight is 450 g/mol. The van der Waals surface area contributed by atoms with Crippen molar-refractivity contribution in [3.8, 4) is 12.3 Å². The maximum Gasteiger partial charge on any atom is 0.263 e. The van der Waals surface area contributed by atoms with Crippen molar-refractivity contribution in [1.29, 1.82) is 0 Å². The number of benzene rings is 1. The molecule has 3 rings (SSSR count). The number of halogens is 1. The lowest BCUT2D eigenvalue weighted by Crippen LogP contribution is -2.28. The monoisotopic (exact) mass is 450 g/mol. The molecule has 0 saturated heterocycles. The van der Waals surface area contributed by atoms with Crippen molar-refractivity contribution in [1.82, 2.24) is 9.72 Å². The van der Waals surface area contributed by atoms with E-state index >= 15 is 0 Å². The number of nitrogens with one attached hydrogen (secondary N) is 1. The number of carbonyl (C=O) groups excluding carboxylic acids is 2. The number of sulfone groups is 1. The van der Waals surface area contributed by atoms with Crippen molar-refractivity contribution in [2.45, 2.75) is 13.5 Å². The van der Waals surface area contributed by atoms with Gasteiger partial charge in [-0.1, -0.05) is 22.4 Å². The van der Waals surface area contributed by atoms with E-state index in [1.807, 2.05) is 0 Å². The van der Waals surface area contributed by atoms with Crippen molar-refractivity contribution in [2.24, 2.45) is 4.99 Å². The first-order valence-corrected chi connectivity index (χ1v) is 11.0. The molecule has 0 unspecified atom stereocenters. The lowest BCUT2D eigenvalue weighted by Gasteiger charge is -2.02. The van der Waals surface area contributed by atoms with E-state index in [-0.39, 0.29) is 17.2 Å². The van der Waals surface area contributed by atoms with Crippen LogP contribution in [0, 0.1) is 25.1 Å². The molecule has 9 nitrogen and oxygen atoms in total. The Kier molecular flexibility index (Phi) is 6.14. The molecular weight excluding hydrogens is 435 g/mol. The Morgan fingerprint density at radius 1 is 1.37 bits per heavy atom. The first kappa shape index (κ1) is 21.4. The van der Waals surface area contributed by atoms with Gasteiger partial charge in [-0.15, -0.1) is 6.42 Å². The van der Waals surface area contributed by atoms with Crippen LogP contribution in [0.4, 0.5) is 10.2 Å². The van der Waals surface area contributed by atoms with Crippen LogP contribution in [0.1, 0.15) is 5.76 Å². The summed E-state index contributed by atoms with van der Waals surface area (Å²) < 4.78 is 44.6. The van der Waals surface area contributed by atoms with E-state index in [9.17, 15) is 22.4 Å². The molecule has 0 fully saturated rings. The summed E-state index contributed by atoms with van der Waals surface area (Å²) in [6.45, 7) is 1.67. The van der Waals surface area contributed by atoms with Gasteiger partial charge in [-0.2, -0.15) is 4.99 Å². The molecule has 0 bridgehead atoms. The van der Waals surface area contributed by atoms with Gasteiger partial charge in [-0.05, 0) is 25.1 Å². The molecule has 0 radical (unpaired) electrons. The highest BCUT2D eigenvalue weighted by Crippen LogP contribution is 2.18. The fourth-order valence-electron chi connectivity index (χ4n) is 2.56. The first-order chi connectivity index (χ1) is 14.2. The summed E-state index contributed by atoms with van der Waals surface area (Å²) >= 11 is 0.997. The Morgan fingerprint density at radius 3 is 2.80 bits per heavy atom. The molecule has 0 atom stereocenters. The maximum absolute atomic E-state index is 13.5. The van der Waals surface area contributed by atoms with Crippen LogP contribution in [-0.2, 0) is 26.0 Å². The minimum absolute atomic E-state index is 0.0595. The van der Waals surface area contributed by atoms with E-state index in [1.54, 1.807) is 6.92 Å². The van der Waals surface area contributed by atoms with Crippen molar-refractivity contribution in [3.63, 3.8) is 0 Å². The first-order valence-electron chi connectivity index (χ1n) is 8.40.